The minimum atomic E-state index is 0.456. The molecule has 3 rings (SSSR count). The zero-order chi connectivity index (χ0) is 21.3. The first-order valence-corrected chi connectivity index (χ1v) is 10.9. The third-order valence-corrected chi connectivity index (χ3v) is 5.41. The van der Waals surface area contributed by atoms with Gasteiger partial charge in [0.25, 0.3) is 0 Å². The molecule has 8 heteroatoms. The summed E-state index contributed by atoms with van der Waals surface area (Å²) in [5.41, 5.74) is 1.07. The summed E-state index contributed by atoms with van der Waals surface area (Å²) >= 11 is 0. The molecule has 1 saturated heterocycles. The number of morpholine rings is 1. The predicted octanol–water partition coefficient (Wildman–Crippen LogP) is 1.99. The fourth-order valence-electron chi connectivity index (χ4n) is 3.68. The fraction of sp³-hybridized carbons (Fsp3) is 0.591. The number of aryl methyl sites for hydroxylation is 1. The minimum Gasteiger partial charge on any atom is -0.379 e. The van der Waals surface area contributed by atoms with E-state index >= 15 is 0 Å². The summed E-state index contributed by atoms with van der Waals surface area (Å²) in [7, 11) is 0. The molecule has 1 fully saturated rings. The number of guanidine groups is 1. The summed E-state index contributed by atoms with van der Waals surface area (Å²) in [5, 5.41) is 6.89. The molecule has 1 aliphatic heterocycles. The first-order chi connectivity index (χ1) is 14.6. The number of aromatic nitrogens is 3. The molecule has 30 heavy (non-hydrogen) atoms. The van der Waals surface area contributed by atoms with Crippen molar-refractivity contribution in [1.82, 2.24) is 30.1 Å². The number of hydrogen-bond donors (Lipinski definition) is 2. The van der Waals surface area contributed by atoms with Gasteiger partial charge in [-0.15, -0.1) is 0 Å². The Morgan fingerprint density at radius 3 is 2.60 bits per heavy atom. The van der Waals surface area contributed by atoms with Gasteiger partial charge in [0.1, 0.15) is 11.6 Å². The molecular formula is C22H35N7O. The molecule has 8 nitrogen and oxygen atoms in total. The van der Waals surface area contributed by atoms with E-state index in [9.17, 15) is 0 Å². The number of ether oxygens (including phenoxy) is 1. The zero-order valence-electron chi connectivity index (χ0n) is 18.6. The van der Waals surface area contributed by atoms with Crippen LogP contribution < -0.4 is 10.6 Å². The lowest BCUT2D eigenvalue weighted by molar-refractivity contribution is 0.00752. The number of imidazole rings is 1. The van der Waals surface area contributed by atoms with Gasteiger partial charge in [-0.1, -0.05) is 19.9 Å². The molecule has 0 spiro atoms. The topological polar surface area (TPSA) is 79.6 Å². The molecule has 1 atom stereocenters. The number of nitrogens with zero attached hydrogens (tertiary/aromatic N) is 5. The van der Waals surface area contributed by atoms with Crippen LogP contribution in [-0.4, -0.2) is 70.8 Å². The van der Waals surface area contributed by atoms with Crippen molar-refractivity contribution in [2.24, 2.45) is 10.9 Å². The zero-order valence-corrected chi connectivity index (χ0v) is 18.6. The summed E-state index contributed by atoms with van der Waals surface area (Å²) in [4.78, 5) is 16.1. The Morgan fingerprint density at radius 2 is 2.00 bits per heavy atom. The van der Waals surface area contributed by atoms with Gasteiger partial charge in [0.05, 0.1) is 19.8 Å². The maximum absolute atomic E-state index is 5.51. The first kappa shape index (κ1) is 22.2. The van der Waals surface area contributed by atoms with E-state index in [1.807, 2.05) is 30.0 Å². The Kier molecular flexibility index (Phi) is 8.21. The van der Waals surface area contributed by atoms with Crippen LogP contribution in [0.2, 0.25) is 0 Å². The standard InChI is InChI=1S/C22H35N7O/c1-5-23-22(27-16-20(17(2)3)28-10-12-30-13-11-28)26-15-19-6-7-21(25-14-19)29-9-8-24-18(29)4/h6-9,14,17,20H,5,10-13,15-16H2,1-4H3,(H2,23,26,27). The van der Waals surface area contributed by atoms with Gasteiger partial charge in [-0.3, -0.25) is 9.47 Å². The van der Waals surface area contributed by atoms with Gasteiger partial charge in [0, 0.05) is 50.8 Å². The summed E-state index contributed by atoms with van der Waals surface area (Å²) in [6.07, 6.45) is 5.58. The van der Waals surface area contributed by atoms with Crippen molar-refractivity contribution in [2.75, 3.05) is 39.4 Å². The van der Waals surface area contributed by atoms with Crippen LogP contribution in [0.3, 0.4) is 0 Å². The van der Waals surface area contributed by atoms with Crippen LogP contribution in [0.15, 0.2) is 35.7 Å². The van der Waals surface area contributed by atoms with E-state index in [1.54, 1.807) is 6.20 Å². The van der Waals surface area contributed by atoms with E-state index in [2.05, 4.69) is 52.3 Å². The number of hydrogen-bond acceptors (Lipinski definition) is 5. The largest absolute Gasteiger partial charge is 0.379 e. The highest BCUT2D eigenvalue weighted by Crippen LogP contribution is 2.12. The Labute approximate surface area is 179 Å². The van der Waals surface area contributed by atoms with Crippen LogP contribution in [0.5, 0.6) is 0 Å². The monoisotopic (exact) mass is 413 g/mol. The van der Waals surface area contributed by atoms with E-state index in [-0.39, 0.29) is 0 Å². The fourth-order valence-corrected chi connectivity index (χ4v) is 3.68. The number of pyridine rings is 1. The van der Waals surface area contributed by atoms with E-state index < -0.39 is 0 Å². The Hall–Kier alpha value is -2.45. The molecule has 0 saturated carbocycles. The van der Waals surface area contributed by atoms with E-state index in [1.165, 1.54) is 0 Å². The molecule has 1 aliphatic rings. The van der Waals surface area contributed by atoms with Gasteiger partial charge in [0.2, 0.25) is 0 Å². The van der Waals surface area contributed by atoms with Crippen molar-refractivity contribution in [3.05, 3.63) is 42.1 Å². The summed E-state index contributed by atoms with van der Waals surface area (Å²) < 4.78 is 7.48. The average molecular weight is 414 g/mol. The average Bonchev–Trinajstić information content (AvgIpc) is 3.19. The maximum Gasteiger partial charge on any atom is 0.191 e. The quantitative estimate of drug-likeness (QED) is 0.509. The van der Waals surface area contributed by atoms with Crippen LogP contribution in [0.4, 0.5) is 0 Å². The lowest BCUT2D eigenvalue weighted by Crippen LogP contribution is -2.52. The Morgan fingerprint density at radius 1 is 1.20 bits per heavy atom. The molecule has 0 bridgehead atoms. The highest BCUT2D eigenvalue weighted by atomic mass is 16.5. The van der Waals surface area contributed by atoms with Gasteiger partial charge < -0.3 is 15.4 Å². The summed E-state index contributed by atoms with van der Waals surface area (Å²) in [5.74, 6) is 3.19. The molecule has 2 aromatic heterocycles. The summed E-state index contributed by atoms with van der Waals surface area (Å²) in [6, 6.07) is 4.53. The van der Waals surface area contributed by atoms with Crippen molar-refractivity contribution in [3.63, 3.8) is 0 Å². The SMILES string of the molecule is CCNC(=NCc1ccc(-n2ccnc2C)nc1)NCC(C(C)C)N1CCOCC1. The van der Waals surface area contributed by atoms with Crippen LogP contribution in [-0.2, 0) is 11.3 Å². The molecule has 2 N–H and O–H groups in total. The molecule has 0 aliphatic carbocycles. The number of nitrogens with one attached hydrogen (secondary N) is 2. The van der Waals surface area contributed by atoms with Gasteiger partial charge in [0.15, 0.2) is 5.96 Å². The molecule has 0 radical (unpaired) electrons. The van der Waals surface area contributed by atoms with Crippen molar-refractivity contribution < 1.29 is 4.74 Å². The van der Waals surface area contributed by atoms with Crippen molar-refractivity contribution in [2.45, 2.75) is 40.3 Å². The predicted molar refractivity (Wildman–Crippen MR) is 120 cm³/mol. The third kappa shape index (κ3) is 6.03. The summed E-state index contributed by atoms with van der Waals surface area (Å²) in [6.45, 7) is 14.5. The highest BCUT2D eigenvalue weighted by Gasteiger charge is 2.23. The second-order valence-electron chi connectivity index (χ2n) is 7.90. The van der Waals surface area contributed by atoms with Gasteiger partial charge in [-0.05, 0) is 31.4 Å². The lowest BCUT2D eigenvalue weighted by atomic mass is 10.0. The second kappa shape index (κ2) is 11.1. The van der Waals surface area contributed by atoms with Gasteiger partial charge >= 0.3 is 0 Å². The van der Waals surface area contributed by atoms with E-state index in [0.29, 0.717) is 18.5 Å². The molecule has 1 unspecified atom stereocenters. The van der Waals surface area contributed by atoms with E-state index in [0.717, 1.165) is 62.6 Å². The Balaban J connectivity index is 1.60. The van der Waals surface area contributed by atoms with Crippen LogP contribution in [0.1, 0.15) is 32.2 Å². The molecule has 3 heterocycles. The van der Waals surface area contributed by atoms with Gasteiger partial charge in [-0.2, -0.15) is 0 Å². The van der Waals surface area contributed by atoms with Crippen LogP contribution in [0, 0.1) is 12.8 Å². The molecule has 2 aromatic rings. The van der Waals surface area contributed by atoms with Gasteiger partial charge in [-0.25, -0.2) is 15.0 Å². The Bertz CT molecular complexity index is 794. The number of aliphatic imine (C=N–C) groups is 1. The molecular weight excluding hydrogens is 378 g/mol. The highest BCUT2D eigenvalue weighted by molar-refractivity contribution is 5.79. The minimum absolute atomic E-state index is 0.456. The van der Waals surface area contributed by atoms with E-state index in [4.69, 9.17) is 9.73 Å². The molecule has 164 valence electrons. The second-order valence-corrected chi connectivity index (χ2v) is 7.90. The maximum atomic E-state index is 5.51. The lowest BCUT2D eigenvalue weighted by Gasteiger charge is -2.37. The van der Waals surface area contributed by atoms with Crippen LogP contribution >= 0.6 is 0 Å². The third-order valence-electron chi connectivity index (χ3n) is 5.41. The van der Waals surface area contributed by atoms with Crippen molar-refractivity contribution in [3.8, 4) is 5.82 Å². The van der Waals surface area contributed by atoms with Crippen molar-refractivity contribution >= 4 is 5.96 Å². The van der Waals surface area contributed by atoms with Crippen molar-refractivity contribution in [1.29, 1.82) is 0 Å². The first-order valence-electron chi connectivity index (χ1n) is 10.9. The van der Waals surface area contributed by atoms with Crippen LogP contribution in [0.25, 0.3) is 5.82 Å². The normalized spacial score (nSPS) is 16.6. The smallest absolute Gasteiger partial charge is 0.191 e. The molecule has 0 aromatic carbocycles. The molecule has 0 amide bonds. The number of rotatable bonds is 8.